The van der Waals surface area contributed by atoms with Crippen molar-refractivity contribution in [3.63, 3.8) is 0 Å². The summed E-state index contributed by atoms with van der Waals surface area (Å²) in [6, 6.07) is 21.0. The summed E-state index contributed by atoms with van der Waals surface area (Å²) < 4.78 is 32.9. The zero-order chi connectivity index (χ0) is 22.7. The van der Waals surface area contributed by atoms with Gasteiger partial charge in [0.2, 0.25) is 5.91 Å². The van der Waals surface area contributed by atoms with Gasteiger partial charge in [0, 0.05) is 5.56 Å². The molecule has 1 aliphatic heterocycles. The van der Waals surface area contributed by atoms with Gasteiger partial charge in [-0.15, -0.1) is 0 Å². The number of ether oxygens (including phenoxy) is 1. The summed E-state index contributed by atoms with van der Waals surface area (Å²) in [4.78, 5) is 17.3. The number of fused-ring (bicyclic) bond motifs is 1. The van der Waals surface area contributed by atoms with Gasteiger partial charge in [-0.25, -0.2) is 8.42 Å². The van der Waals surface area contributed by atoms with Crippen molar-refractivity contribution in [1.82, 2.24) is 4.72 Å². The molecular formula is C24H23N3O4S. The van der Waals surface area contributed by atoms with E-state index in [1.165, 1.54) is 6.07 Å². The number of benzene rings is 3. The average molecular weight is 450 g/mol. The van der Waals surface area contributed by atoms with Crippen molar-refractivity contribution in [3.05, 3.63) is 89.5 Å². The van der Waals surface area contributed by atoms with Crippen molar-refractivity contribution in [2.75, 3.05) is 5.32 Å². The largest absolute Gasteiger partial charge is 0.487 e. The Morgan fingerprint density at radius 1 is 1.06 bits per heavy atom. The molecule has 32 heavy (non-hydrogen) atoms. The molecule has 4 rings (SSSR count). The predicted molar refractivity (Wildman–Crippen MR) is 123 cm³/mol. The molecule has 0 saturated heterocycles. The molecule has 3 aromatic carbocycles. The highest BCUT2D eigenvalue weighted by atomic mass is 32.2. The van der Waals surface area contributed by atoms with Gasteiger partial charge in [0.1, 0.15) is 24.2 Å². The Bertz CT molecular complexity index is 1290. The maximum Gasteiger partial charge on any atom is 0.263 e. The molecule has 1 aliphatic rings. The average Bonchev–Trinajstić information content (AvgIpc) is 3.04. The zero-order valence-corrected chi connectivity index (χ0v) is 18.5. The Kier molecular flexibility index (Phi) is 5.96. The highest BCUT2D eigenvalue weighted by Crippen LogP contribution is 2.27. The summed E-state index contributed by atoms with van der Waals surface area (Å²) in [6.45, 7) is 3.92. The van der Waals surface area contributed by atoms with Crippen LogP contribution in [0.1, 0.15) is 23.6 Å². The van der Waals surface area contributed by atoms with Crippen molar-refractivity contribution in [2.24, 2.45) is 4.99 Å². The summed E-state index contributed by atoms with van der Waals surface area (Å²) in [6.07, 6.45) is 0. The van der Waals surface area contributed by atoms with Crippen LogP contribution in [0.4, 0.5) is 5.69 Å². The minimum Gasteiger partial charge on any atom is -0.487 e. The minimum absolute atomic E-state index is 0.154. The highest BCUT2D eigenvalue weighted by molar-refractivity contribution is 7.90. The fourth-order valence-corrected chi connectivity index (χ4v) is 4.55. The predicted octanol–water partition coefficient (Wildman–Crippen LogP) is 3.64. The third-order valence-electron chi connectivity index (χ3n) is 5.00. The van der Waals surface area contributed by atoms with Crippen LogP contribution in [-0.4, -0.2) is 26.2 Å². The van der Waals surface area contributed by atoms with E-state index in [0.717, 1.165) is 11.1 Å². The van der Waals surface area contributed by atoms with Gasteiger partial charge in [0.15, 0.2) is 0 Å². The Hall–Kier alpha value is -3.65. The van der Waals surface area contributed by atoms with Crippen molar-refractivity contribution in [3.8, 4) is 5.75 Å². The second-order valence-corrected chi connectivity index (χ2v) is 9.17. The smallest absolute Gasteiger partial charge is 0.263 e. The van der Waals surface area contributed by atoms with Gasteiger partial charge in [0.05, 0.1) is 10.6 Å². The van der Waals surface area contributed by atoms with E-state index in [4.69, 9.17) is 4.74 Å². The van der Waals surface area contributed by atoms with E-state index >= 15 is 0 Å². The van der Waals surface area contributed by atoms with Crippen LogP contribution in [0.5, 0.6) is 5.75 Å². The van der Waals surface area contributed by atoms with Crippen LogP contribution in [0.2, 0.25) is 0 Å². The molecule has 7 nitrogen and oxygen atoms in total. The first-order valence-electron chi connectivity index (χ1n) is 10.1. The number of hydrogen-bond acceptors (Lipinski definition) is 5. The summed E-state index contributed by atoms with van der Waals surface area (Å²) >= 11 is 0. The van der Waals surface area contributed by atoms with Crippen molar-refractivity contribution in [2.45, 2.75) is 31.4 Å². The second kappa shape index (κ2) is 8.84. The van der Waals surface area contributed by atoms with Gasteiger partial charge in [-0.2, -0.15) is 0 Å². The highest BCUT2D eigenvalue weighted by Gasteiger charge is 2.31. The first-order valence-corrected chi connectivity index (χ1v) is 11.6. The Morgan fingerprint density at radius 3 is 2.56 bits per heavy atom. The maximum atomic E-state index is 12.8. The number of sulfonamides is 1. The number of amidine groups is 1. The molecule has 1 atom stereocenters. The van der Waals surface area contributed by atoms with E-state index in [1.54, 1.807) is 31.2 Å². The molecule has 1 amide bonds. The second-order valence-electron chi connectivity index (χ2n) is 7.52. The fraction of sp³-hybridized carbons (Fsp3) is 0.167. The molecule has 0 aromatic heterocycles. The van der Waals surface area contributed by atoms with Crippen LogP contribution in [-0.2, 0) is 21.4 Å². The molecule has 0 spiro atoms. The third kappa shape index (κ3) is 4.65. The minimum atomic E-state index is -3.66. The number of amides is 1. The van der Waals surface area contributed by atoms with Crippen molar-refractivity contribution >= 4 is 27.5 Å². The molecule has 164 valence electrons. The van der Waals surface area contributed by atoms with Crippen molar-refractivity contribution < 1.29 is 17.9 Å². The molecule has 0 unspecified atom stereocenters. The van der Waals surface area contributed by atoms with Crippen LogP contribution in [0.15, 0.2) is 82.7 Å². The number of anilines is 1. The van der Waals surface area contributed by atoms with E-state index in [9.17, 15) is 13.2 Å². The Balaban J connectivity index is 1.51. The van der Waals surface area contributed by atoms with Crippen LogP contribution in [0.25, 0.3) is 0 Å². The lowest BCUT2D eigenvalue weighted by Crippen LogP contribution is -2.29. The lowest BCUT2D eigenvalue weighted by atomic mass is 10.2. The van der Waals surface area contributed by atoms with E-state index in [2.05, 4.69) is 15.0 Å². The number of nitrogens with zero attached hydrogens (tertiary/aromatic N) is 1. The van der Waals surface area contributed by atoms with Crippen LogP contribution >= 0.6 is 0 Å². The molecule has 0 radical (unpaired) electrons. The molecular weight excluding hydrogens is 426 g/mol. The van der Waals surface area contributed by atoms with Crippen LogP contribution in [0, 0.1) is 6.92 Å². The Labute approximate surface area is 187 Å². The van der Waals surface area contributed by atoms with Crippen LogP contribution in [0.3, 0.4) is 0 Å². The lowest BCUT2D eigenvalue weighted by molar-refractivity contribution is -0.117. The summed E-state index contributed by atoms with van der Waals surface area (Å²) in [7, 11) is -3.66. The molecule has 0 bridgehead atoms. The SMILES string of the molecule is Cc1ccc(NC(=O)[C@H](C)N=C2NS(=O)(=O)c3ccccc32)c(OCc2ccccc2)c1. The number of carbonyl (C=O) groups is 1. The maximum absolute atomic E-state index is 12.8. The fourth-order valence-electron chi connectivity index (χ4n) is 3.31. The normalized spacial score (nSPS) is 16.1. The first-order chi connectivity index (χ1) is 15.3. The number of aryl methyl sites for hydroxylation is 1. The number of carbonyl (C=O) groups excluding carboxylic acids is 1. The standard InChI is InChI=1S/C24H23N3O4S/c1-16-12-13-20(21(14-16)31-15-18-8-4-3-5-9-18)26-24(28)17(2)25-23-19-10-6-7-11-22(19)32(29,30)27-23/h3-14,17H,15H2,1-2H3,(H,25,27)(H,26,28)/t17-/m0/s1. The van der Waals surface area contributed by atoms with Gasteiger partial charge in [0.25, 0.3) is 10.0 Å². The van der Waals surface area contributed by atoms with Crippen LogP contribution < -0.4 is 14.8 Å². The first kappa shape index (κ1) is 21.6. The zero-order valence-electron chi connectivity index (χ0n) is 17.7. The molecule has 1 heterocycles. The monoisotopic (exact) mass is 449 g/mol. The van der Waals surface area contributed by atoms with E-state index < -0.39 is 16.1 Å². The molecule has 8 heteroatoms. The van der Waals surface area contributed by atoms with E-state index in [-0.39, 0.29) is 16.6 Å². The third-order valence-corrected chi connectivity index (χ3v) is 6.39. The quantitative estimate of drug-likeness (QED) is 0.600. The number of rotatable bonds is 6. The Morgan fingerprint density at radius 2 is 1.78 bits per heavy atom. The van der Waals surface area contributed by atoms with E-state index in [0.29, 0.717) is 23.6 Å². The van der Waals surface area contributed by atoms with E-state index in [1.807, 2.05) is 49.4 Å². The lowest BCUT2D eigenvalue weighted by Gasteiger charge is -2.15. The van der Waals surface area contributed by atoms with Gasteiger partial charge in [-0.1, -0.05) is 48.5 Å². The topological polar surface area (TPSA) is 96.9 Å². The number of nitrogens with one attached hydrogen (secondary N) is 2. The molecule has 3 aromatic rings. The van der Waals surface area contributed by atoms with Gasteiger partial charge in [-0.05, 0) is 49.2 Å². The molecule has 2 N–H and O–H groups in total. The molecule has 0 saturated carbocycles. The van der Waals surface area contributed by atoms with Gasteiger partial charge >= 0.3 is 0 Å². The molecule has 0 aliphatic carbocycles. The summed E-state index contributed by atoms with van der Waals surface area (Å²) in [5.74, 6) is 0.330. The van der Waals surface area contributed by atoms with Crippen molar-refractivity contribution in [1.29, 1.82) is 0 Å². The van der Waals surface area contributed by atoms with Gasteiger partial charge < -0.3 is 10.1 Å². The summed E-state index contributed by atoms with van der Waals surface area (Å²) in [5.41, 5.74) is 2.99. The summed E-state index contributed by atoms with van der Waals surface area (Å²) in [5, 5.41) is 2.84. The number of hydrogen-bond donors (Lipinski definition) is 2. The number of aliphatic imine (C=N–C) groups is 1. The molecule has 0 fully saturated rings. The van der Waals surface area contributed by atoms with Gasteiger partial charge in [-0.3, -0.25) is 14.5 Å².